The minimum atomic E-state index is -0.196. The summed E-state index contributed by atoms with van der Waals surface area (Å²) in [6, 6.07) is 12.3. The van der Waals surface area contributed by atoms with Crippen molar-refractivity contribution in [2.75, 3.05) is 6.54 Å². The molecule has 0 saturated carbocycles. The third-order valence-electron chi connectivity index (χ3n) is 3.91. The van der Waals surface area contributed by atoms with Crippen molar-refractivity contribution in [2.24, 2.45) is 0 Å². The summed E-state index contributed by atoms with van der Waals surface area (Å²) in [7, 11) is 0. The summed E-state index contributed by atoms with van der Waals surface area (Å²) in [5.74, 6) is 0.0404. The first-order valence-electron chi connectivity index (χ1n) is 8.39. The van der Waals surface area contributed by atoms with E-state index in [2.05, 4.69) is 40.4 Å². The molecular formula is C19H21N3OS2. The summed E-state index contributed by atoms with van der Waals surface area (Å²) in [6.45, 7) is 4.70. The van der Waals surface area contributed by atoms with Crippen LogP contribution in [0, 0.1) is 0 Å². The quantitative estimate of drug-likeness (QED) is 0.502. The Morgan fingerprint density at radius 2 is 2.08 bits per heavy atom. The van der Waals surface area contributed by atoms with E-state index in [-0.39, 0.29) is 11.2 Å². The summed E-state index contributed by atoms with van der Waals surface area (Å²) in [6.07, 6.45) is 3.41. The molecule has 25 heavy (non-hydrogen) atoms. The molecule has 1 atom stereocenters. The van der Waals surface area contributed by atoms with Gasteiger partial charge in [0.15, 0.2) is 0 Å². The third kappa shape index (κ3) is 4.58. The molecule has 1 unspecified atom stereocenters. The maximum atomic E-state index is 12.4. The number of nitrogens with zero attached hydrogens (tertiary/aromatic N) is 2. The van der Waals surface area contributed by atoms with E-state index >= 15 is 0 Å². The van der Waals surface area contributed by atoms with Gasteiger partial charge < -0.3 is 5.32 Å². The maximum Gasteiger partial charge on any atom is 0.233 e. The molecule has 2 aromatic heterocycles. The summed E-state index contributed by atoms with van der Waals surface area (Å²) in [5, 5.41) is 4.75. The molecule has 3 rings (SSSR count). The van der Waals surface area contributed by atoms with Gasteiger partial charge in [0, 0.05) is 16.8 Å². The van der Waals surface area contributed by atoms with Gasteiger partial charge in [-0.25, -0.2) is 9.97 Å². The van der Waals surface area contributed by atoms with Crippen LogP contribution in [0.3, 0.4) is 0 Å². The van der Waals surface area contributed by atoms with E-state index in [4.69, 9.17) is 0 Å². The number of aryl methyl sites for hydroxylation is 1. The van der Waals surface area contributed by atoms with Crippen LogP contribution in [0.1, 0.15) is 24.3 Å². The fourth-order valence-corrected chi connectivity index (χ4v) is 4.41. The Labute approximate surface area is 156 Å². The Morgan fingerprint density at radius 1 is 1.28 bits per heavy atom. The minimum absolute atomic E-state index is 0.0404. The summed E-state index contributed by atoms with van der Waals surface area (Å²) in [5.41, 5.74) is 1.23. The molecule has 0 fully saturated rings. The second-order valence-corrected chi connectivity index (χ2v) is 8.20. The molecule has 0 aliphatic heterocycles. The Balaban J connectivity index is 1.59. The monoisotopic (exact) mass is 371 g/mol. The van der Waals surface area contributed by atoms with Crippen LogP contribution >= 0.6 is 23.1 Å². The van der Waals surface area contributed by atoms with Gasteiger partial charge in [-0.2, -0.15) is 0 Å². The fraction of sp³-hybridized carbons (Fsp3) is 0.316. The Morgan fingerprint density at radius 3 is 2.84 bits per heavy atom. The molecule has 0 aliphatic rings. The molecule has 3 aromatic rings. The minimum Gasteiger partial charge on any atom is -0.355 e. The lowest BCUT2D eigenvalue weighted by Gasteiger charge is -2.12. The normalized spacial score (nSPS) is 12.2. The molecule has 0 bridgehead atoms. The zero-order valence-corrected chi connectivity index (χ0v) is 16.0. The van der Waals surface area contributed by atoms with Gasteiger partial charge in [-0.3, -0.25) is 4.79 Å². The lowest BCUT2D eigenvalue weighted by Crippen LogP contribution is -2.32. The molecule has 2 heterocycles. The molecule has 1 aromatic carbocycles. The molecule has 0 saturated heterocycles. The smallest absolute Gasteiger partial charge is 0.233 e. The predicted octanol–water partition coefficient (Wildman–Crippen LogP) is 4.09. The van der Waals surface area contributed by atoms with E-state index in [1.54, 1.807) is 17.7 Å². The number of hydrogen-bond acceptors (Lipinski definition) is 5. The van der Waals surface area contributed by atoms with Crippen LogP contribution in [0.15, 0.2) is 47.8 Å². The average Bonchev–Trinajstić information content (AvgIpc) is 3.07. The number of thioether (sulfide) groups is 1. The lowest BCUT2D eigenvalue weighted by atomic mass is 10.1. The van der Waals surface area contributed by atoms with E-state index < -0.39 is 0 Å². The van der Waals surface area contributed by atoms with Gasteiger partial charge in [0.1, 0.15) is 16.2 Å². The second-order valence-electron chi connectivity index (χ2n) is 5.75. The van der Waals surface area contributed by atoms with Crippen molar-refractivity contribution in [2.45, 2.75) is 37.0 Å². The van der Waals surface area contributed by atoms with Gasteiger partial charge in [0.05, 0.1) is 5.25 Å². The highest BCUT2D eigenvalue weighted by Gasteiger charge is 2.17. The van der Waals surface area contributed by atoms with Gasteiger partial charge in [0.2, 0.25) is 5.91 Å². The SMILES string of the molecule is CCc1cc2c(SC(C)C(=O)NCCc3ccccc3)ncnc2s1. The average molecular weight is 372 g/mol. The first-order chi connectivity index (χ1) is 12.2. The Kier molecular flexibility index (Phi) is 6.04. The van der Waals surface area contributed by atoms with E-state index in [0.29, 0.717) is 6.54 Å². The number of benzene rings is 1. The van der Waals surface area contributed by atoms with E-state index in [1.807, 2.05) is 25.1 Å². The molecule has 0 aliphatic carbocycles. The van der Waals surface area contributed by atoms with E-state index in [1.165, 1.54) is 22.2 Å². The van der Waals surface area contributed by atoms with Gasteiger partial charge in [-0.1, -0.05) is 49.0 Å². The summed E-state index contributed by atoms with van der Waals surface area (Å²) >= 11 is 3.19. The van der Waals surface area contributed by atoms with Crippen molar-refractivity contribution >= 4 is 39.2 Å². The highest BCUT2D eigenvalue weighted by molar-refractivity contribution is 8.00. The molecule has 0 radical (unpaired) electrons. The van der Waals surface area contributed by atoms with Crippen molar-refractivity contribution < 1.29 is 4.79 Å². The third-order valence-corrected chi connectivity index (χ3v) is 6.21. The van der Waals surface area contributed by atoms with Gasteiger partial charge in [-0.05, 0) is 31.4 Å². The summed E-state index contributed by atoms with van der Waals surface area (Å²) < 4.78 is 0. The number of aromatic nitrogens is 2. The number of nitrogens with one attached hydrogen (secondary N) is 1. The first-order valence-corrected chi connectivity index (χ1v) is 10.1. The van der Waals surface area contributed by atoms with Crippen LogP contribution in [0.4, 0.5) is 0 Å². The topological polar surface area (TPSA) is 54.9 Å². The van der Waals surface area contributed by atoms with Crippen LogP contribution in [-0.4, -0.2) is 27.7 Å². The maximum absolute atomic E-state index is 12.4. The number of amides is 1. The number of hydrogen-bond donors (Lipinski definition) is 1. The van der Waals surface area contributed by atoms with Crippen molar-refractivity contribution in [3.8, 4) is 0 Å². The van der Waals surface area contributed by atoms with E-state index in [0.717, 1.165) is 28.1 Å². The number of thiophene rings is 1. The van der Waals surface area contributed by atoms with Crippen LogP contribution < -0.4 is 5.32 Å². The molecule has 1 N–H and O–H groups in total. The first kappa shape index (κ1) is 17.9. The Hall–Kier alpha value is -1.92. The number of rotatable bonds is 7. The number of carbonyl (C=O) groups is 1. The van der Waals surface area contributed by atoms with Crippen LogP contribution in [0.2, 0.25) is 0 Å². The summed E-state index contributed by atoms with van der Waals surface area (Å²) in [4.78, 5) is 23.4. The molecule has 1 amide bonds. The van der Waals surface area contributed by atoms with Gasteiger partial charge in [0.25, 0.3) is 0 Å². The van der Waals surface area contributed by atoms with Crippen molar-refractivity contribution in [1.82, 2.24) is 15.3 Å². The number of carbonyl (C=O) groups excluding carboxylic acids is 1. The fourth-order valence-electron chi connectivity index (χ4n) is 2.49. The Bertz CT molecular complexity index is 848. The predicted molar refractivity (Wildman–Crippen MR) is 105 cm³/mol. The zero-order valence-electron chi connectivity index (χ0n) is 14.4. The molecular weight excluding hydrogens is 350 g/mol. The molecule has 0 spiro atoms. The second kappa shape index (κ2) is 8.45. The van der Waals surface area contributed by atoms with Crippen molar-refractivity contribution in [1.29, 1.82) is 0 Å². The van der Waals surface area contributed by atoms with Gasteiger partial charge in [-0.15, -0.1) is 11.3 Å². The standard InChI is InChI=1S/C19H21N3OS2/c1-3-15-11-16-18(21-12-22-19(16)25-15)24-13(2)17(23)20-10-9-14-7-5-4-6-8-14/h4-8,11-13H,3,9-10H2,1-2H3,(H,20,23). The van der Waals surface area contributed by atoms with Crippen LogP contribution in [-0.2, 0) is 17.6 Å². The molecule has 130 valence electrons. The van der Waals surface area contributed by atoms with Gasteiger partial charge >= 0.3 is 0 Å². The highest BCUT2D eigenvalue weighted by Crippen LogP contribution is 2.32. The zero-order chi connectivity index (χ0) is 17.6. The van der Waals surface area contributed by atoms with Crippen LogP contribution in [0.5, 0.6) is 0 Å². The molecule has 4 nitrogen and oxygen atoms in total. The van der Waals surface area contributed by atoms with Crippen LogP contribution in [0.25, 0.3) is 10.2 Å². The highest BCUT2D eigenvalue weighted by atomic mass is 32.2. The molecule has 6 heteroatoms. The number of fused-ring (bicyclic) bond motifs is 1. The van der Waals surface area contributed by atoms with Crippen molar-refractivity contribution in [3.63, 3.8) is 0 Å². The lowest BCUT2D eigenvalue weighted by molar-refractivity contribution is -0.120. The largest absolute Gasteiger partial charge is 0.355 e. The van der Waals surface area contributed by atoms with E-state index in [9.17, 15) is 4.79 Å². The van der Waals surface area contributed by atoms with Crippen molar-refractivity contribution in [3.05, 3.63) is 53.2 Å².